The Balaban J connectivity index is 2.52. The Morgan fingerprint density at radius 2 is 2.06 bits per heavy atom. The third-order valence-corrected chi connectivity index (χ3v) is 2.71. The first-order valence-electron chi connectivity index (χ1n) is 4.90. The van der Waals surface area contributed by atoms with E-state index in [1.165, 1.54) is 6.07 Å². The zero-order chi connectivity index (χ0) is 11.9. The van der Waals surface area contributed by atoms with Crippen LogP contribution in [0.2, 0.25) is 0 Å². The highest BCUT2D eigenvalue weighted by Gasteiger charge is 2.32. The molecule has 16 heavy (non-hydrogen) atoms. The third-order valence-electron chi connectivity index (χ3n) is 2.71. The summed E-state index contributed by atoms with van der Waals surface area (Å²) in [5.74, 6) is 0. The van der Waals surface area contributed by atoms with Crippen LogP contribution in [0.25, 0.3) is 5.57 Å². The molecule has 1 aromatic carbocycles. The van der Waals surface area contributed by atoms with Gasteiger partial charge in [0.25, 0.3) is 0 Å². The van der Waals surface area contributed by atoms with Crippen LogP contribution in [0.3, 0.4) is 0 Å². The van der Waals surface area contributed by atoms with Gasteiger partial charge in [0.05, 0.1) is 18.3 Å². The fraction of sp³-hybridized carbons (Fsp3) is 0.333. The van der Waals surface area contributed by atoms with Gasteiger partial charge in [-0.15, -0.1) is 0 Å². The maximum atomic E-state index is 12.5. The lowest BCUT2D eigenvalue weighted by Crippen LogP contribution is -2.15. The quantitative estimate of drug-likeness (QED) is 0.656. The average molecular weight is 228 g/mol. The number of benzene rings is 1. The molecule has 1 aromatic rings. The van der Waals surface area contributed by atoms with Crippen molar-refractivity contribution in [2.45, 2.75) is 19.2 Å². The molecule has 2 rings (SSSR count). The van der Waals surface area contributed by atoms with Gasteiger partial charge in [0, 0.05) is 0 Å². The van der Waals surface area contributed by atoms with Crippen LogP contribution >= 0.6 is 0 Å². The normalized spacial score (nSPS) is 20.8. The van der Waals surface area contributed by atoms with E-state index in [2.05, 4.69) is 6.58 Å². The van der Waals surface area contributed by atoms with Crippen molar-refractivity contribution in [1.82, 2.24) is 0 Å². The molecule has 0 N–H and O–H groups in total. The summed E-state index contributed by atoms with van der Waals surface area (Å²) in [5, 5.41) is 0. The second-order valence-corrected chi connectivity index (χ2v) is 3.86. The van der Waals surface area contributed by atoms with E-state index in [0.717, 1.165) is 23.3 Å². The number of hydrogen-bond acceptors (Lipinski definition) is 1. The third kappa shape index (κ3) is 1.85. The molecule has 1 aliphatic heterocycles. The molecule has 1 atom stereocenters. The second kappa shape index (κ2) is 3.63. The molecule has 0 bridgehead atoms. The molecule has 86 valence electrons. The van der Waals surface area contributed by atoms with Crippen molar-refractivity contribution in [2.75, 3.05) is 6.61 Å². The van der Waals surface area contributed by atoms with Gasteiger partial charge in [0.2, 0.25) is 0 Å². The predicted molar refractivity (Wildman–Crippen MR) is 54.8 cm³/mol. The first-order chi connectivity index (χ1) is 7.39. The van der Waals surface area contributed by atoms with E-state index < -0.39 is 11.7 Å². The number of halogens is 3. The molecule has 4 heteroatoms. The highest BCUT2D eigenvalue weighted by molar-refractivity contribution is 5.69. The minimum absolute atomic E-state index is 0.317. The Kier molecular flexibility index (Phi) is 2.54. The van der Waals surface area contributed by atoms with Crippen LogP contribution < -0.4 is 0 Å². The highest BCUT2D eigenvalue weighted by atomic mass is 19.4. The fourth-order valence-electron chi connectivity index (χ4n) is 1.79. The summed E-state index contributed by atoms with van der Waals surface area (Å²) in [7, 11) is 0. The SMILES string of the molecule is C=C1CO[C@H](C)c2cc(C(F)(F)F)ccc21. The number of ether oxygens (including phenoxy) is 1. The van der Waals surface area contributed by atoms with Gasteiger partial charge in [-0.2, -0.15) is 13.2 Å². The van der Waals surface area contributed by atoms with Crippen molar-refractivity contribution in [3.8, 4) is 0 Å². The lowest BCUT2D eigenvalue weighted by Gasteiger charge is -2.25. The van der Waals surface area contributed by atoms with Gasteiger partial charge in [-0.1, -0.05) is 12.6 Å². The lowest BCUT2D eigenvalue weighted by atomic mass is 9.93. The average Bonchev–Trinajstić information content (AvgIpc) is 2.22. The lowest BCUT2D eigenvalue weighted by molar-refractivity contribution is -0.137. The minimum Gasteiger partial charge on any atom is -0.369 e. The van der Waals surface area contributed by atoms with Gasteiger partial charge in [0.1, 0.15) is 0 Å². The maximum absolute atomic E-state index is 12.5. The fourth-order valence-corrected chi connectivity index (χ4v) is 1.79. The summed E-state index contributed by atoms with van der Waals surface area (Å²) in [4.78, 5) is 0. The smallest absolute Gasteiger partial charge is 0.369 e. The van der Waals surface area contributed by atoms with Crippen LogP contribution in [0.1, 0.15) is 29.7 Å². The predicted octanol–water partition coefficient (Wildman–Crippen LogP) is 3.81. The maximum Gasteiger partial charge on any atom is 0.416 e. The van der Waals surface area contributed by atoms with Crippen molar-refractivity contribution in [2.24, 2.45) is 0 Å². The zero-order valence-corrected chi connectivity index (χ0v) is 8.77. The highest BCUT2D eigenvalue weighted by Crippen LogP contribution is 2.37. The minimum atomic E-state index is -4.31. The molecule has 1 heterocycles. The molecule has 0 spiro atoms. The van der Waals surface area contributed by atoms with Gasteiger partial charge in [-0.3, -0.25) is 0 Å². The van der Waals surface area contributed by atoms with E-state index in [0.29, 0.717) is 12.2 Å². The first-order valence-corrected chi connectivity index (χ1v) is 4.90. The van der Waals surface area contributed by atoms with Crippen molar-refractivity contribution >= 4 is 5.57 Å². The Bertz CT molecular complexity index is 434. The molecule has 1 aliphatic rings. The summed E-state index contributed by atoms with van der Waals surface area (Å²) >= 11 is 0. The standard InChI is InChI=1S/C12H11F3O/c1-7-6-16-8(2)11-5-9(12(13,14)15)3-4-10(7)11/h3-5,8H,1,6H2,2H3/t8-/m1/s1. The number of hydrogen-bond donors (Lipinski definition) is 0. The Labute approximate surface area is 91.5 Å². The summed E-state index contributed by atoms with van der Waals surface area (Å²) in [6.07, 6.45) is -4.63. The van der Waals surface area contributed by atoms with Gasteiger partial charge >= 0.3 is 6.18 Å². The van der Waals surface area contributed by atoms with Gasteiger partial charge < -0.3 is 4.74 Å². The molecule has 0 saturated carbocycles. The molecule has 0 amide bonds. The van der Waals surface area contributed by atoms with Crippen molar-refractivity contribution in [3.05, 3.63) is 41.5 Å². The molecule has 0 fully saturated rings. The first kappa shape index (κ1) is 11.2. The van der Waals surface area contributed by atoms with Gasteiger partial charge in [0.15, 0.2) is 0 Å². The molecule has 0 aliphatic carbocycles. The van der Waals surface area contributed by atoms with Crippen LogP contribution in [0.5, 0.6) is 0 Å². The summed E-state index contributed by atoms with van der Waals surface area (Å²) in [6, 6.07) is 3.70. The molecule has 0 radical (unpaired) electrons. The van der Waals surface area contributed by atoms with E-state index in [1.807, 2.05) is 0 Å². The number of fused-ring (bicyclic) bond motifs is 1. The number of alkyl halides is 3. The number of rotatable bonds is 0. The van der Waals surface area contributed by atoms with E-state index in [4.69, 9.17) is 4.74 Å². The van der Waals surface area contributed by atoms with E-state index >= 15 is 0 Å². The molecular formula is C12H11F3O. The van der Waals surface area contributed by atoms with Crippen LogP contribution in [-0.4, -0.2) is 6.61 Å². The molecular weight excluding hydrogens is 217 g/mol. The van der Waals surface area contributed by atoms with E-state index in [9.17, 15) is 13.2 Å². The molecule has 0 aromatic heterocycles. The second-order valence-electron chi connectivity index (χ2n) is 3.86. The van der Waals surface area contributed by atoms with Crippen LogP contribution in [0.4, 0.5) is 13.2 Å². The Morgan fingerprint density at radius 1 is 1.38 bits per heavy atom. The Morgan fingerprint density at radius 3 is 2.69 bits per heavy atom. The summed E-state index contributed by atoms with van der Waals surface area (Å²) < 4.78 is 42.9. The summed E-state index contributed by atoms with van der Waals surface area (Å²) in [6.45, 7) is 5.89. The zero-order valence-electron chi connectivity index (χ0n) is 8.77. The van der Waals surface area contributed by atoms with Crippen LogP contribution in [-0.2, 0) is 10.9 Å². The monoisotopic (exact) mass is 228 g/mol. The van der Waals surface area contributed by atoms with E-state index in [1.54, 1.807) is 6.92 Å². The molecule has 0 saturated heterocycles. The van der Waals surface area contributed by atoms with Crippen molar-refractivity contribution < 1.29 is 17.9 Å². The topological polar surface area (TPSA) is 9.23 Å². The van der Waals surface area contributed by atoms with Crippen molar-refractivity contribution in [3.63, 3.8) is 0 Å². The van der Waals surface area contributed by atoms with Gasteiger partial charge in [-0.05, 0) is 35.8 Å². The van der Waals surface area contributed by atoms with Crippen LogP contribution in [0, 0.1) is 0 Å². The molecule has 0 unspecified atom stereocenters. The summed E-state index contributed by atoms with van der Waals surface area (Å²) in [5.41, 5.74) is 1.41. The van der Waals surface area contributed by atoms with Gasteiger partial charge in [-0.25, -0.2) is 0 Å². The Hall–Kier alpha value is -1.29. The van der Waals surface area contributed by atoms with E-state index in [-0.39, 0.29) is 6.10 Å². The van der Waals surface area contributed by atoms with Crippen molar-refractivity contribution in [1.29, 1.82) is 0 Å². The van der Waals surface area contributed by atoms with Crippen LogP contribution in [0.15, 0.2) is 24.8 Å². The molecule has 1 nitrogen and oxygen atoms in total. The largest absolute Gasteiger partial charge is 0.416 e.